The van der Waals surface area contributed by atoms with Crippen LogP contribution < -0.4 is 10.5 Å². The van der Waals surface area contributed by atoms with Gasteiger partial charge in [-0.1, -0.05) is 18.9 Å². The second-order valence-corrected chi connectivity index (χ2v) is 9.65. The highest BCUT2D eigenvalue weighted by Gasteiger charge is 2.47. The SMILES string of the molecule is CCSN1CCN(c2cc(-c3ccnc4[nH]c(C5CC5)cc34)cc(=O)[nH]2)C(C(F)(F)F)C1. The third-order valence-electron chi connectivity index (χ3n) is 6.05. The number of H-pyrrole nitrogens is 2. The van der Waals surface area contributed by atoms with Gasteiger partial charge in [-0.2, -0.15) is 13.2 Å². The molecule has 4 heterocycles. The number of pyridine rings is 2. The van der Waals surface area contributed by atoms with Crippen molar-refractivity contribution in [2.24, 2.45) is 0 Å². The molecule has 0 amide bonds. The minimum absolute atomic E-state index is 0.143. The van der Waals surface area contributed by atoms with Crippen LogP contribution in [0, 0.1) is 0 Å². The van der Waals surface area contributed by atoms with Crippen molar-refractivity contribution in [2.45, 2.75) is 37.9 Å². The van der Waals surface area contributed by atoms with Crippen LogP contribution >= 0.6 is 11.9 Å². The van der Waals surface area contributed by atoms with Gasteiger partial charge in [-0.3, -0.25) is 4.79 Å². The van der Waals surface area contributed by atoms with Crippen LogP contribution in [0.25, 0.3) is 22.2 Å². The van der Waals surface area contributed by atoms with Gasteiger partial charge in [0.2, 0.25) is 5.56 Å². The largest absolute Gasteiger partial charge is 0.410 e. The molecule has 1 saturated heterocycles. The van der Waals surface area contributed by atoms with Gasteiger partial charge in [0.15, 0.2) is 0 Å². The number of halogens is 3. The highest BCUT2D eigenvalue weighted by atomic mass is 32.2. The smallest absolute Gasteiger partial charge is 0.344 e. The van der Waals surface area contributed by atoms with Gasteiger partial charge in [0.1, 0.15) is 17.5 Å². The number of aromatic nitrogens is 3. The van der Waals surface area contributed by atoms with Gasteiger partial charge >= 0.3 is 6.18 Å². The van der Waals surface area contributed by atoms with Crippen molar-refractivity contribution < 1.29 is 13.2 Å². The molecule has 1 aliphatic heterocycles. The monoisotopic (exact) mass is 463 g/mol. The van der Waals surface area contributed by atoms with E-state index in [-0.39, 0.29) is 18.9 Å². The highest BCUT2D eigenvalue weighted by molar-refractivity contribution is 7.96. The number of rotatable bonds is 5. The van der Waals surface area contributed by atoms with Crippen LogP contribution in [-0.2, 0) is 0 Å². The number of anilines is 1. The number of aromatic amines is 2. The van der Waals surface area contributed by atoms with Crippen LogP contribution in [0.2, 0.25) is 0 Å². The van der Waals surface area contributed by atoms with Gasteiger partial charge in [0.25, 0.3) is 0 Å². The van der Waals surface area contributed by atoms with Crippen LogP contribution in [-0.4, -0.2) is 56.9 Å². The standard InChI is InChI=1S/C22H24F3N5OS/c1-2-32-29-7-8-30(18(12-29)22(23,24)25)19-9-14(10-20(31)28-19)15-5-6-26-21-16(15)11-17(27-21)13-3-4-13/h5-6,9-11,13,18H,2-4,7-8,12H2,1H3,(H,26,27)(H,28,31). The summed E-state index contributed by atoms with van der Waals surface area (Å²) in [6, 6.07) is 5.26. The first-order chi connectivity index (χ1) is 15.3. The van der Waals surface area contributed by atoms with Crippen LogP contribution in [0.5, 0.6) is 0 Å². The summed E-state index contributed by atoms with van der Waals surface area (Å²) in [7, 11) is 0. The van der Waals surface area contributed by atoms with E-state index >= 15 is 0 Å². The quantitative estimate of drug-likeness (QED) is 0.545. The molecule has 32 heavy (non-hydrogen) atoms. The van der Waals surface area contributed by atoms with Crippen molar-refractivity contribution in [3.05, 3.63) is 46.5 Å². The molecular weight excluding hydrogens is 439 g/mol. The van der Waals surface area contributed by atoms with Crippen LogP contribution in [0.15, 0.2) is 35.3 Å². The molecule has 5 rings (SSSR count). The maximum atomic E-state index is 13.9. The molecule has 1 aliphatic carbocycles. The fraction of sp³-hybridized carbons (Fsp3) is 0.455. The maximum Gasteiger partial charge on any atom is 0.410 e. The topological polar surface area (TPSA) is 68.0 Å². The molecule has 0 spiro atoms. The number of nitrogens with one attached hydrogen (secondary N) is 2. The molecule has 1 atom stereocenters. The molecule has 10 heteroatoms. The number of nitrogens with zero attached hydrogens (tertiary/aromatic N) is 3. The number of fused-ring (bicyclic) bond motifs is 1. The van der Waals surface area contributed by atoms with E-state index in [0.29, 0.717) is 23.8 Å². The van der Waals surface area contributed by atoms with Crippen molar-refractivity contribution in [1.29, 1.82) is 0 Å². The first-order valence-electron chi connectivity index (χ1n) is 10.8. The van der Waals surface area contributed by atoms with Gasteiger partial charge in [-0.25, -0.2) is 9.29 Å². The predicted molar refractivity (Wildman–Crippen MR) is 121 cm³/mol. The maximum absolute atomic E-state index is 13.9. The predicted octanol–water partition coefficient (Wildman–Crippen LogP) is 4.52. The van der Waals surface area contributed by atoms with Gasteiger partial charge in [-0.15, -0.1) is 0 Å². The van der Waals surface area contributed by atoms with E-state index in [1.165, 1.54) is 22.9 Å². The Hall–Kier alpha value is -2.46. The minimum atomic E-state index is -4.41. The Bertz CT molecular complexity index is 1190. The zero-order chi connectivity index (χ0) is 22.5. The average molecular weight is 464 g/mol. The molecule has 1 saturated carbocycles. The molecule has 6 nitrogen and oxygen atoms in total. The Morgan fingerprint density at radius 2 is 2.00 bits per heavy atom. The fourth-order valence-electron chi connectivity index (χ4n) is 4.38. The molecule has 0 radical (unpaired) electrons. The van der Waals surface area contributed by atoms with E-state index in [0.717, 1.165) is 35.1 Å². The zero-order valence-electron chi connectivity index (χ0n) is 17.6. The molecule has 0 bridgehead atoms. The second-order valence-electron chi connectivity index (χ2n) is 8.29. The third-order valence-corrected chi connectivity index (χ3v) is 7.01. The molecular formula is C22H24F3N5OS. The molecule has 3 aromatic rings. The Morgan fingerprint density at radius 3 is 2.72 bits per heavy atom. The van der Waals surface area contributed by atoms with Crippen molar-refractivity contribution >= 4 is 28.8 Å². The summed E-state index contributed by atoms with van der Waals surface area (Å²) in [5.41, 5.74) is 2.79. The fourth-order valence-corrected chi connectivity index (χ4v) is 5.20. The molecule has 0 aromatic carbocycles. The molecule has 2 fully saturated rings. The van der Waals surface area contributed by atoms with Gasteiger partial charge in [0.05, 0.1) is 0 Å². The van der Waals surface area contributed by atoms with Crippen LogP contribution in [0.1, 0.15) is 31.4 Å². The van der Waals surface area contributed by atoms with E-state index in [1.54, 1.807) is 16.6 Å². The average Bonchev–Trinajstić information content (AvgIpc) is 3.51. The Kier molecular flexibility index (Phi) is 5.45. The van der Waals surface area contributed by atoms with E-state index in [9.17, 15) is 18.0 Å². The summed E-state index contributed by atoms with van der Waals surface area (Å²) in [6.07, 6.45) is -0.481. The van der Waals surface area contributed by atoms with Crippen molar-refractivity contribution in [3.63, 3.8) is 0 Å². The number of hydrogen-bond acceptors (Lipinski definition) is 5. The molecule has 2 N–H and O–H groups in total. The lowest BCUT2D eigenvalue weighted by Gasteiger charge is -2.42. The summed E-state index contributed by atoms with van der Waals surface area (Å²) in [5, 5.41) is 0.877. The van der Waals surface area contributed by atoms with Gasteiger partial charge in [-0.05, 0) is 48.1 Å². The summed E-state index contributed by atoms with van der Waals surface area (Å²) in [5.74, 6) is 1.42. The van der Waals surface area contributed by atoms with Gasteiger partial charge in [0, 0.05) is 48.7 Å². The molecule has 1 unspecified atom stereocenters. The lowest BCUT2D eigenvalue weighted by Crippen LogP contribution is -2.58. The van der Waals surface area contributed by atoms with Crippen molar-refractivity contribution in [2.75, 3.05) is 30.3 Å². The highest BCUT2D eigenvalue weighted by Crippen LogP contribution is 2.42. The Labute approximate surface area is 187 Å². The Morgan fingerprint density at radius 1 is 1.19 bits per heavy atom. The minimum Gasteiger partial charge on any atom is -0.344 e. The van der Waals surface area contributed by atoms with Crippen LogP contribution in [0.3, 0.4) is 0 Å². The van der Waals surface area contributed by atoms with Crippen molar-refractivity contribution in [3.8, 4) is 11.1 Å². The summed E-state index contributed by atoms with van der Waals surface area (Å²) >= 11 is 1.41. The van der Waals surface area contributed by atoms with E-state index < -0.39 is 17.8 Å². The lowest BCUT2D eigenvalue weighted by molar-refractivity contribution is -0.153. The molecule has 3 aromatic heterocycles. The van der Waals surface area contributed by atoms with E-state index in [4.69, 9.17) is 0 Å². The zero-order valence-corrected chi connectivity index (χ0v) is 18.4. The lowest BCUT2D eigenvalue weighted by atomic mass is 10.0. The van der Waals surface area contributed by atoms with Crippen molar-refractivity contribution in [1.82, 2.24) is 19.3 Å². The summed E-state index contributed by atoms with van der Waals surface area (Å²) < 4.78 is 43.5. The third kappa shape index (κ3) is 4.13. The summed E-state index contributed by atoms with van der Waals surface area (Å²) in [6.45, 7) is 2.44. The summed E-state index contributed by atoms with van der Waals surface area (Å²) in [4.78, 5) is 24.2. The first-order valence-corrected chi connectivity index (χ1v) is 11.7. The Balaban J connectivity index is 1.54. The molecule has 170 valence electrons. The van der Waals surface area contributed by atoms with E-state index in [1.807, 2.05) is 13.0 Å². The number of hydrogen-bond donors (Lipinski definition) is 2. The van der Waals surface area contributed by atoms with Crippen LogP contribution in [0.4, 0.5) is 19.0 Å². The molecule has 2 aliphatic rings. The number of piperazine rings is 1. The number of alkyl halides is 3. The first kappa shape index (κ1) is 21.4. The van der Waals surface area contributed by atoms with E-state index in [2.05, 4.69) is 21.0 Å². The van der Waals surface area contributed by atoms with Gasteiger partial charge < -0.3 is 14.9 Å². The normalized spacial score (nSPS) is 20.2. The second kappa shape index (κ2) is 8.15.